The summed E-state index contributed by atoms with van der Waals surface area (Å²) < 4.78 is 10.6. The first-order valence-corrected chi connectivity index (χ1v) is 8.43. The van der Waals surface area contributed by atoms with E-state index in [-0.39, 0.29) is 12.5 Å². The Bertz CT molecular complexity index is 862. The number of hydrazone groups is 1. The number of nitrogens with zero attached hydrogens (tertiary/aromatic N) is 3. The van der Waals surface area contributed by atoms with Crippen LogP contribution >= 0.6 is 0 Å². The summed E-state index contributed by atoms with van der Waals surface area (Å²) in [5.74, 6) is 1.36. The van der Waals surface area contributed by atoms with E-state index in [1.165, 1.54) is 6.07 Å². The monoisotopic (exact) mass is 354 g/mol. The van der Waals surface area contributed by atoms with E-state index in [9.17, 15) is 10.1 Å². The number of nitrogens with one attached hydrogen (secondary N) is 1. The molecule has 0 aromatic heterocycles. The van der Waals surface area contributed by atoms with E-state index < -0.39 is 4.92 Å². The van der Waals surface area contributed by atoms with Crippen LogP contribution in [-0.4, -0.2) is 31.0 Å². The van der Waals surface area contributed by atoms with Crippen molar-refractivity contribution in [2.75, 3.05) is 30.2 Å². The predicted octanol–water partition coefficient (Wildman–Crippen LogP) is 3.37. The number of hydrogen-bond acceptors (Lipinski definition) is 7. The number of hydrogen-bond donors (Lipinski definition) is 1. The molecule has 0 saturated carbocycles. The molecule has 0 bridgehead atoms. The highest BCUT2D eigenvalue weighted by molar-refractivity contribution is 5.82. The molecule has 0 unspecified atom stereocenters. The molecule has 1 saturated heterocycles. The van der Waals surface area contributed by atoms with E-state index in [4.69, 9.17) is 9.47 Å². The molecule has 0 amide bonds. The molecule has 0 aliphatic carbocycles. The Morgan fingerprint density at radius 1 is 1.12 bits per heavy atom. The summed E-state index contributed by atoms with van der Waals surface area (Å²) in [6, 6.07) is 10.5. The number of benzene rings is 2. The Morgan fingerprint density at radius 2 is 1.92 bits per heavy atom. The molecular formula is C18H18N4O4. The molecule has 2 aliphatic heterocycles. The van der Waals surface area contributed by atoms with E-state index in [1.54, 1.807) is 24.4 Å². The van der Waals surface area contributed by atoms with Crippen LogP contribution in [-0.2, 0) is 0 Å². The summed E-state index contributed by atoms with van der Waals surface area (Å²) in [4.78, 5) is 13.1. The van der Waals surface area contributed by atoms with E-state index in [0.29, 0.717) is 17.2 Å². The maximum absolute atomic E-state index is 11.3. The fraction of sp³-hybridized carbons (Fsp3) is 0.278. The highest BCUT2D eigenvalue weighted by Gasteiger charge is 2.18. The molecule has 0 radical (unpaired) electrons. The third-order valence-electron chi connectivity index (χ3n) is 4.44. The molecule has 1 fully saturated rings. The van der Waals surface area contributed by atoms with E-state index in [0.717, 1.165) is 37.2 Å². The summed E-state index contributed by atoms with van der Waals surface area (Å²) in [5.41, 5.74) is 4.94. The van der Waals surface area contributed by atoms with E-state index >= 15 is 0 Å². The molecule has 2 heterocycles. The molecular weight excluding hydrogens is 336 g/mol. The molecule has 1 N–H and O–H groups in total. The van der Waals surface area contributed by atoms with Gasteiger partial charge in [0.1, 0.15) is 5.69 Å². The van der Waals surface area contributed by atoms with Crippen LogP contribution in [0.5, 0.6) is 11.5 Å². The molecule has 4 rings (SSSR count). The van der Waals surface area contributed by atoms with E-state index in [2.05, 4.69) is 15.4 Å². The standard InChI is InChI=1S/C18H18N4O4/c23-22(24)16-5-4-14(21-7-1-2-8-21)10-15(16)20-19-11-13-3-6-17-18(9-13)26-12-25-17/h3-6,9-11,20H,1-2,7-8,12H2. The smallest absolute Gasteiger partial charge is 0.294 e. The number of ether oxygens (including phenoxy) is 2. The first-order chi connectivity index (χ1) is 12.7. The third kappa shape index (κ3) is 3.26. The van der Waals surface area contributed by atoms with Crippen molar-refractivity contribution in [1.82, 2.24) is 0 Å². The highest BCUT2D eigenvalue weighted by Crippen LogP contribution is 2.33. The summed E-state index contributed by atoms with van der Waals surface area (Å²) >= 11 is 0. The van der Waals surface area contributed by atoms with Gasteiger partial charge in [-0.1, -0.05) is 0 Å². The van der Waals surface area contributed by atoms with Gasteiger partial charge < -0.3 is 14.4 Å². The normalized spacial score (nSPS) is 15.6. The molecule has 26 heavy (non-hydrogen) atoms. The van der Waals surface area contributed by atoms with Gasteiger partial charge in [-0.3, -0.25) is 15.5 Å². The van der Waals surface area contributed by atoms with Crippen LogP contribution in [0.25, 0.3) is 0 Å². The van der Waals surface area contributed by atoms with Crippen LogP contribution in [0.15, 0.2) is 41.5 Å². The lowest BCUT2D eigenvalue weighted by Crippen LogP contribution is -2.17. The zero-order valence-electron chi connectivity index (χ0n) is 14.1. The Balaban J connectivity index is 1.54. The largest absolute Gasteiger partial charge is 0.454 e. The quantitative estimate of drug-likeness (QED) is 0.503. The van der Waals surface area contributed by atoms with Gasteiger partial charge in [0.05, 0.1) is 11.1 Å². The Morgan fingerprint density at radius 3 is 2.73 bits per heavy atom. The summed E-state index contributed by atoms with van der Waals surface area (Å²) in [7, 11) is 0. The Hall–Kier alpha value is -3.29. The summed E-state index contributed by atoms with van der Waals surface area (Å²) in [6.07, 6.45) is 3.87. The lowest BCUT2D eigenvalue weighted by atomic mass is 10.2. The predicted molar refractivity (Wildman–Crippen MR) is 98.3 cm³/mol. The van der Waals surface area contributed by atoms with Crippen LogP contribution in [0.2, 0.25) is 0 Å². The first-order valence-electron chi connectivity index (χ1n) is 8.43. The maximum atomic E-state index is 11.3. The fourth-order valence-electron chi connectivity index (χ4n) is 3.11. The van der Waals surface area contributed by atoms with Crippen molar-refractivity contribution in [3.05, 3.63) is 52.1 Å². The lowest BCUT2D eigenvalue weighted by Gasteiger charge is -2.18. The van der Waals surface area contributed by atoms with Gasteiger partial charge in [0.15, 0.2) is 11.5 Å². The van der Waals surface area contributed by atoms with Crippen LogP contribution in [0.3, 0.4) is 0 Å². The zero-order chi connectivity index (χ0) is 17.9. The molecule has 2 aromatic rings. The molecule has 8 nitrogen and oxygen atoms in total. The molecule has 2 aromatic carbocycles. The third-order valence-corrected chi connectivity index (χ3v) is 4.44. The van der Waals surface area contributed by atoms with Crippen LogP contribution in [0.1, 0.15) is 18.4 Å². The van der Waals surface area contributed by atoms with Gasteiger partial charge in [-0.15, -0.1) is 0 Å². The minimum Gasteiger partial charge on any atom is -0.454 e. The van der Waals surface area contributed by atoms with Crippen molar-refractivity contribution in [2.45, 2.75) is 12.8 Å². The highest BCUT2D eigenvalue weighted by atomic mass is 16.7. The van der Waals surface area contributed by atoms with Crippen molar-refractivity contribution in [3.8, 4) is 11.5 Å². The minimum absolute atomic E-state index is 0.00390. The van der Waals surface area contributed by atoms with Crippen molar-refractivity contribution in [1.29, 1.82) is 0 Å². The van der Waals surface area contributed by atoms with Gasteiger partial charge in [0.25, 0.3) is 5.69 Å². The maximum Gasteiger partial charge on any atom is 0.294 e. The number of fused-ring (bicyclic) bond motifs is 1. The molecule has 8 heteroatoms. The van der Waals surface area contributed by atoms with Crippen molar-refractivity contribution >= 4 is 23.3 Å². The van der Waals surface area contributed by atoms with Crippen LogP contribution in [0.4, 0.5) is 17.1 Å². The summed E-state index contributed by atoms with van der Waals surface area (Å²) in [6.45, 7) is 2.15. The second-order valence-corrected chi connectivity index (χ2v) is 6.14. The van der Waals surface area contributed by atoms with E-state index in [1.807, 2.05) is 12.1 Å². The fourth-order valence-corrected chi connectivity index (χ4v) is 3.11. The Labute approximate surface area is 150 Å². The molecule has 0 atom stereocenters. The average molecular weight is 354 g/mol. The number of nitro groups is 1. The molecule has 134 valence electrons. The van der Waals surface area contributed by atoms with Gasteiger partial charge in [-0.05, 0) is 48.7 Å². The zero-order valence-corrected chi connectivity index (χ0v) is 14.1. The second-order valence-electron chi connectivity index (χ2n) is 6.14. The average Bonchev–Trinajstić information content (AvgIpc) is 3.33. The van der Waals surface area contributed by atoms with Gasteiger partial charge in [0.2, 0.25) is 6.79 Å². The van der Waals surface area contributed by atoms with Gasteiger partial charge >= 0.3 is 0 Å². The number of nitro benzene ring substituents is 1. The topological polar surface area (TPSA) is 89.2 Å². The molecule has 2 aliphatic rings. The first kappa shape index (κ1) is 16.2. The molecule has 0 spiro atoms. The van der Waals surface area contributed by atoms with Crippen molar-refractivity contribution in [3.63, 3.8) is 0 Å². The minimum atomic E-state index is -0.411. The van der Waals surface area contributed by atoms with Gasteiger partial charge in [-0.25, -0.2) is 0 Å². The van der Waals surface area contributed by atoms with Gasteiger partial charge in [0, 0.05) is 24.8 Å². The van der Waals surface area contributed by atoms with Gasteiger partial charge in [-0.2, -0.15) is 5.10 Å². The summed E-state index contributed by atoms with van der Waals surface area (Å²) in [5, 5.41) is 15.4. The lowest BCUT2D eigenvalue weighted by molar-refractivity contribution is -0.383. The number of rotatable bonds is 5. The van der Waals surface area contributed by atoms with Crippen LogP contribution < -0.4 is 19.8 Å². The van der Waals surface area contributed by atoms with Crippen LogP contribution in [0, 0.1) is 10.1 Å². The van der Waals surface area contributed by atoms with Crippen molar-refractivity contribution < 1.29 is 14.4 Å². The number of anilines is 2. The van der Waals surface area contributed by atoms with Crippen molar-refractivity contribution in [2.24, 2.45) is 5.10 Å². The Kier molecular flexibility index (Phi) is 4.30. The second kappa shape index (κ2) is 6.91. The SMILES string of the molecule is O=[N+]([O-])c1ccc(N2CCCC2)cc1NN=Cc1ccc2c(c1)OCO2.